The summed E-state index contributed by atoms with van der Waals surface area (Å²) in [5.74, 6) is -1.86. The zero-order valence-corrected chi connectivity index (χ0v) is 19.5. The third kappa shape index (κ3) is 3.21. The van der Waals surface area contributed by atoms with E-state index in [1.807, 2.05) is 53.5 Å². The van der Waals surface area contributed by atoms with Crippen molar-refractivity contribution in [1.29, 1.82) is 0 Å². The first-order valence-electron chi connectivity index (χ1n) is 11.4. The van der Waals surface area contributed by atoms with Gasteiger partial charge in [0.1, 0.15) is 6.04 Å². The summed E-state index contributed by atoms with van der Waals surface area (Å²) in [6.45, 7) is 0.936. The molecular formula is C26H23BrN2O4. The molecular weight excluding hydrogens is 484 g/mol. The van der Waals surface area contributed by atoms with Gasteiger partial charge in [-0.3, -0.25) is 19.3 Å². The van der Waals surface area contributed by atoms with E-state index in [1.54, 1.807) is 12.1 Å². The van der Waals surface area contributed by atoms with E-state index in [0.717, 1.165) is 28.6 Å². The second-order valence-corrected chi connectivity index (χ2v) is 10.0. The molecule has 0 aliphatic carbocycles. The van der Waals surface area contributed by atoms with Gasteiger partial charge in [0, 0.05) is 22.3 Å². The van der Waals surface area contributed by atoms with E-state index in [0.29, 0.717) is 12.2 Å². The monoisotopic (exact) mass is 506 g/mol. The van der Waals surface area contributed by atoms with Gasteiger partial charge in [-0.05, 0) is 36.6 Å². The molecule has 2 aromatic rings. The van der Waals surface area contributed by atoms with Crippen LogP contribution in [0.25, 0.3) is 6.08 Å². The fourth-order valence-corrected chi connectivity index (χ4v) is 6.23. The summed E-state index contributed by atoms with van der Waals surface area (Å²) >= 11 is 3.51. The van der Waals surface area contributed by atoms with Gasteiger partial charge in [0.2, 0.25) is 11.8 Å². The van der Waals surface area contributed by atoms with Crippen molar-refractivity contribution in [3.8, 4) is 0 Å². The summed E-state index contributed by atoms with van der Waals surface area (Å²) in [5, 5.41) is 0. The Kier molecular flexibility index (Phi) is 4.99. The molecule has 4 heterocycles. The third-order valence-corrected chi connectivity index (χ3v) is 7.79. The third-order valence-electron chi connectivity index (χ3n) is 7.30. The molecule has 0 radical (unpaired) electrons. The van der Waals surface area contributed by atoms with Gasteiger partial charge in [-0.25, -0.2) is 0 Å². The molecule has 4 aliphatic rings. The van der Waals surface area contributed by atoms with Crippen LogP contribution >= 0.6 is 15.9 Å². The van der Waals surface area contributed by atoms with Gasteiger partial charge >= 0.3 is 0 Å². The molecule has 0 spiro atoms. The molecule has 5 atom stereocenters. The van der Waals surface area contributed by atoms with Gasteiger partial charge in [0.15, 0.2) is 5.78 Å². The Morgan fingerprint density at radius 3 is 2.61 bits per heavy atom. The summed E-state index contributed by atoms with van der Waals surface area (Å²) in [5.41, 5.74) is 2.39. The lowest BCUT2D eigenvalue weighted by atomic mass is 9.86. The predicted molar refractivity (Wildman–Crippen MR) is 127 cm³/mol. The number of carbonyl (C=O) groups excluding carboxylic acids is 3. The van der Waals surface area contributed by atoms with Crippen molar-refractivity contribution in [3.63, 3.8) is 0 Å². The van der Waals surface area contributed by atoms with Crippen molar-refractivity contribution < 1.29 is 19.1 Å². The van der Waals surface area contributed by atoms with Crippen LogP contribution < -0.4 is 4.90 Å². The number of carbonyl (C=O) groups is 3. The molecule has 4 aliphatic heterocycles. The number of rotatable bonds is 4. The van der Waals surface area contributed by atoms with Crippen LogP contribution in [0.3, 0.4) is 0 Å². The minimum absolute atomic E-state index is 0.115. The number of anilines is 1. The van der Waals surface area contributed by atoms with Crippen LogP contribution in [0.4, 0.5) is 5.69 Å². The molecule has 3 fully saturated rings. The molecule has 7 heteroatoms. The lowest BCUT2D eigenvalue weighted by molar-refractivity contribution is -0.142. The number of amides is 2. The van der Waals surface area contributed by atoms with Crippen molar-refractivity contribution in [2.75, 3.05) is 18.1 Å². The van der Waals surface area contributed by atoms with Gasteiger partial charge in [-0.1, -0.05) is 58.4 Å². The Hall–Kier alpha value is -2.77. The van der Waals surface area contributed by atoms with Gasteiger partial charge in [-0.2, -0.15) is 0 Å². The van der Waals surface area contributed by atoms with Gasteiger partial charge < -0.3 is 9.64 Å². The van der Waals surface area contributed by atoms with E-state index in [1.165, 1.54) is 4.90 Å². The van der Waals surface area contributed by atoms with Crippen LogP contribution in [0.5, 0.6) is 0 Å². The number of imide groups is 1. The number of ketones is 1. The van der Waals surface area contributed by atoms with Crippen LogP contribution in [-0.4, -0.2) is 53.8 Å². The number of fused-ring (bicyclic) bond motifs is 5. The molecule has 0 aromatic heterocycles. The zero-order valence-electron chi connectivity index (χ0n) is 17.9. The second kappa shape index (κ2) is 7.92. The number of Topliss-reactive ketones (excluding diaryl/α,β-unsaturated/α-hetero) is 1. The van der Waals surface area contributed by atoms with Crippen molar-refractivity contribution in [2.24, 2.45) is 11.8 Å². The van der Waals surface area contributed by atoms with Crippen molar-refractivity contribution in [1.82, 2.24) is 4.90 Å². The predicted octanol–water partition coefficient (Wildman–Crippen LogP) is 3.70. The van der Waals surface area contributed by atoms with E-state index in [-0.39, 0.29) is 36.3 Å². The number of hydrogen-bond acceptors (Lipinski definition) is 5. The smallest absolute Gasteiger partial charge is 0.235 e. The number of nitrogens with zero attached hydrogens (tertiary/aromatic N) is 2. The molecule has 33 heavy (non-hydrogen) atoms. The van der Waals surface area contributed by atoms with Crippen molar-refractivity contribution in [3.05, 3.63) is 70.2 Å². The first kappa shape index (κ1) is 20.8. The summed E-state index contributed by atoms with van der Waals surface area (Å²) in [6.07, 6.45) is 5.64. The minimum Gasteiger partial charge on any atom is -0.376 e. The highest BCUT2D eigenvalue weighted by Gasteiger charge is 2.64. The zero-order chi connectivity index (χ0) is 22.7. The SMILES string of the molecule is O=C(c1ccccc1)[C@@H]1[C@@H]2C(=O)N(C[C@@H]3CCCO3)C(=O)[C@H]2[C@@H]2C=Cc3cc(Br)ccc3N12. The number of likely N-dealkylation sites (tertiary alicyclic amines) is 1. The fourth-order valence-electron chi connectivity index (χ4n) is 5.85. The summed E-state index contributed by atoms with van der Waals surface area (Å²) < 4.78 is 6.63. The molecule has 3 saturated heterocycles. The van der Waals surface area contributed by atoms with E-state index < -0.39 is 17.9 Å². The lowest BCUT2D eigenvalue weighted by Gasteiger charge is -2.36. The number of hydrogen-bond donors (Lipinski definition) is 0. The molecule has 6 nitrogen and oxygen atoms in total. The molecule has 0 bridgehead atoms. The highest BCUT2D eigenvalue weighted by molar-refractivity contribution is 9.10. The van der Waals surface area contributed by atoms with Crippen molar-refractivity contribution >= 4 is 45.3 Å². The average molecular weight is 507 g/mol. The Labute approximate surface area is 200 Å². The van der Waals surface area contributed by atoms with E-state index in [2.05, 4.69) is 15.9 Å². The van der Waals surface area contributed by atoms with Gasteiger partial charge in [0.05, 0.1) is 30.5 Å². The second-order valence-electron chi connectivity index (χ2n) is 9.11. The molecule has 168 valence electrons. The molecule has 6 rings (SSSR count). The Morgan fingerprint density at radius 1 is 1.06 bits per heavy atom. The van der Waals surface area contributed by atoms with Gasteiger partial charge in [0.25, 0.3) is 0 Å². The van der Waals surface area contributed by atoms with Crippen molar-refractivity contribution in [2.45, 2.75) is 31.0 Å². The van der Waals surface area contributed by atoms with Crippen LogP contribution in [-0.2, 0) is 14.3 Å². The first-order chi connectivity index (χ1) is 16.0. The maximum atomic E-state index is 13.8. The lowest BCUT2D eigenvalue weighted by Crippen LogP contribution is -2.49. The summed E-state index contributed by atoms with van der Waals surface area (Å²) in [6, 6.07) is 13.9. The van der Waals surface area contributed by atoms with Crippen LogP contribution in [0.2, 0.25) is 0 Å². The summed E-state index contributed by atoms with van der Waals surface area (Å²) in [4.78, 5) is 44.5. The molecule has 2 amide bonds. The number of benzene rings is 2. The quantitative estimate of drug-likeness (QED) is 0.467. The Morgan fingerprint density at radius 2 is 1.85 bits per heavy atom. The minimum atomic E-state index is -0.738. The van der Waals surface area contributed by atoms with E-state index >= 15 is 0 Å². The fraction of sp³-hybridized carbons (Fsp3) is 0.346. The Balaban J connectivity index is 1.44. The molecule has 0 N–H and O–H groups in total. The van der Waals surface area contributed by atoms with Gasteiger partial charge in [-0.15, -0.1) is 0 Å². The number of ether oxygens (including phenoxy) is 1. The normalized spacial score (nSPS) is 29.9. The maximum Gasteiger partial charge on any atom is 0.235 e. The molecule has 2 aromatic carbocycles. The topological polar surface area (TPSA) is 66.9 Å². The van der Waals surface area contributed by atoms with E-state index in [4.69, 9.17) is 4.74 Å². The molecule has 0 saturated carbocycles. The average Bonchev–Trinajstić information content (AvgIpc) is 3.52. The number of halogens is 1. The van der Waals surface area contributed by atoms with Crippen LogP contribution in [0, 0.1) is 11.8 Å². The highest BCUT2D eigenvalue weighted by Crippen LogP contribution is 2.49. The Bertz CT molecular complexity index is 1170. The highest BCUT2D eigenvalue weighted by atomic mass is 79.9. The largest absolute Gasteiger partial charge is 0.376 e. The first-order valence-corrected chi connectivity index (χ1v) is 12.2. The summed E-state index contributed by atoms with van der Waals surface area (Å²) in [7, 11) is 0. The van der Waals surface area contributed by atoms with Crippen LogP contribution in [0.1, 0.15) is 28.8 Å². The van der Waals surface area contributed by atoms with E-state index in [9.17, 15) is 14.4 Å². The molecule has 0 unspecified atom stereocenters. The van der Waals surface area contributed by atoms with Crippen LogP contribution in [0.15, 0.2) is 59.1 Å². The standard InChI is InChI=1S/C26H23BrN2O4/c27-17-9-11-19-16(13-17)8-10-20-21-22(23(29(19)20)24(30)15-5-2-1-3-6-15)26(32)28(25(21)31)14-18-7-4-12-33-18/h1-3,5-6,8-11,13,18,20-23H,4,7,12,14H2/t18-,20-,21-,22+,23-/m0/s1. The maximum absolute atomic E-state index is 13.8.